The molecule has 0 atom stereocenters. The second-order valence-corrected chi connectivity index (χ2v) is 11.1. The van der Waals surface area contributed by atoms with Crippen molar-refractivity contribution in [2.75, 3.05) is 0 Å². The third-order valence-corrected chi connectivity index (χ3v) is 6.31. The molecule has 0 heterocycles. The molecule has 0 aliphatic rings. The lowest BCUT2D eigenvalue weighted by atomic mass is 9.94. The summed E-state index contributed by atoms with van der Waals surface area (Å²) in [5.41, 5.74) is 1.44. The molecule has 0 saturated carbocycles. The summed E-state index contributed by atoms with van der Waals surface area (Å²) in [7, 11) is 0. The average Bonchev–Trinajstić information content (AvgIpc) is 2.93. The van der Waals surface area contributed by atoms with Crippen molar-refractivity contribution in [2.45, 2.75) is 104 Å². The van der Waals surface area contributed by atoms with E-state index in [-0.39, 0.29) is 23.8 Å². The van der Waals surface area contributed by atoms with Crippen molar-refractivity contribution >= 4 is 17.9 Å². The standard InChI is InChI=1S/C34H46O6/c1-34(2,3)40-33(37)25-24-28(16-8-6-14-22-31(35)38-26-29-18-10-4-11-19-29)17-9-7-15-23-32(36)39-27-30-20-12-5-13-21-30/h4-5,10-13,18-21,24-25,28H,6-9,14-17,22-23,26-27H2,1-3H3/b25-24+. The van der Waals surface area contributed by atoms with Crippen LogP contribution in [0.15, 0.2) is 72.8 Å². The van der Waals surface area contributed by atoms with Gasteiger partial charge in [-0.2, -0.15) is 0 Å². The van der Waals surface area contributed by atoms with Crippen molar-refractivity contribution in [3.05, 3.63) is 83.9 Å². The molecule has 0 aliphatic heterocycles. The van der Waals surface area contributed by atoms with E-state index in [9.17, 15) is 14.4 Å². The van der Waals surface area contributed by atoms with Crippen LogP contribution in [0.1, 0.15) is 96.1 Å². The van der Waals surface area contributed by atoms with Crippen LogP contribution in [0.3, 0.4) is 0 Å². The third-order valence-electron chi connectivity index (χ3n) is 6.31. The molecule has 0 amide bonds. The van der Waals surface area contributed by atoms with Gasteiger partial charge in [-0.25, -0.2) is 4.79 Å². The monoisotopic (exact) mass is 550 g/mol. The van der Waals surface area contributed by atoms with E-state index in [4.69, 9.17) is 14.2 Å². The highest BCUT2D eigenvalue weighted by molar-refractivity contribution is 5.82. The number of esters is 3. The number of benzene rings is 2. The normalized spacial score (nSPS) is 11.5. The number of hydrogen-bond donors (Lipinski definition) is 0. The Balaban J connectivity index is 1.67. The summed E-state index contributed by atoms with van der Waals surface area (Å²) in [6.07, 6.45) is 11.5. The largest absolute Gasteiger partial charge is 0.461 e. The average molecular weight is 551 g/mol. The minimum Gasteiger partial charge on any atom is -0.461 e. The molecule has 0 spiro atoms. The number of hydrogen-bond acceptors (Lipinski definition) is 6. The van der Waals surface area contributed by atoms with E-state index in [2.05, 4.69) is 0 Å². The Morgan fingerprint density at radius 3 is 1.55 bits per heavy atom. The van der Waals surface area contributed by atoms with E-state index in [0.717, 1.165) is 62.5 Å². The molecule has 0 aliphatic carbocycles. The van der Waals surface area contributed by atoms with Crippen molar-refractivity contribution < 1.29 is 28.6 Å². The molecule has 6 heteroatoms. The predicted molar refractivity (Wildman–Crippen MR) is 157 cm³/mol. The van der Waals surface area contributed by atoms with Gasteiger partial charge in [-0.3, -0.25) is 9.59 Å². The van der Waals surface area contributed by atoms with Crippen molar-refractivity contribution in [1.82, 2.24) is 0 Å². The molecule has 2 aromatic rings. The van der Waals surface area contributed by atoms with Gasteiger partial charge in [-0.05, 0) is 63.5 Å². The molecule has 2 rings (SSSR count). The van der Waals surface area contributed by atoms with Crippen LogP contribution in [0.2, 0.25) is 0 Å². The van der Waals surface area contributed by atoms with Gasteiger partial charge in [0.25, 0.3) is 0 Å². The SMILES string of the molecule is CC(C)(C)OC(=O)/C=C/C(CCCCCC(=O)OCc1ccccc1)CCCCCC(=O)OCc1ccccc1. The van der Waals surface area contributed by atoms with Crippen LogP contribution in [0.25, 0.3) is 0 Å². The quantitative estimate of drug-likeness (QED) is 0.0813. The van der Waals surface area contributed by atoms with Gasteiger partial charge in [0.1, 0.15) is 18.8 Å². The van der Waals surface area contributed by atoms with E-state index < -0.39 is 5.60 Å². The maximum atomic E-state index is 12.2. The zero-order valence-electron chi connectivity index (χ0n) is 24.4. The van der Waals surface area contributed by atoms with Crippen LogP contribution >= 0.6 is 0 Å². The number of rotatable bonds is 18. The van der Waals surface area contributed by atoms with E-state index >= 15 is 0 Å². The van der Waals surface area contributed by atoms with Gasteiger partial charge in [0.2, 0.25) is 0 Å². The summed E-state index contributed by atoms with van der Waals surface area (Å²) >= 11 is 0. The molecule has 0 saturated heterocycles. The Morgan fingerprint density at radius 1 is 0.675 bits per heavy atom. The maximum Gasteiger partial charge on any atom is 0.330 e. The molecule has 0 unspecified atom stereocenters. The minimum absolute atomic E-state index is 0.174. The minimum atomic E-state index is -0.527. The Bertz CT molecular complexity index is 958. The summed E-state index contributed by atoms with van der Waals surface area (Å²) in [6.45, 7) is 6.17. The Morgan fingerprint density at radius 2 is 1.12 bits per heavy atom. The molecule has 2 aromatic carbocycles. The Kier molecular flexibility index (Phi) is 15.4. The molecular formula is C34H46O6. The molecular weight excluding hydrogens is 504 g/mol. The van der Waals surface area contributed by atoms with Crippen LogP contribution in [-0.4, -0.2) is 23.5 Å². The van der Waals surface area contributed by atoms with E-state index in [1.807, 2.05) is 87.5 Å². The van der Waals surface area contributed by atoms with Crippen molar-refractivity contribution in [3.63, 3.8) is 0 Å². The van der Waals surface area contributed by atoms with Crippen LogP contribution in [0.4, 0.5) is 0 Å². The number of unbranched alkanes of at least 4 members (excludes halogenated alkanes) is 4. The van der Waals surface area contributed by atoms with E-state index in [0.29, 0.717) is 26.1 Å². The van der Waals surface area contributed by atoms with Crippen LogP contribution in [-0.2, 0) is 41.8 Å². The maximum absolute atomic E-state index is 12.2. The van der Waals surface area contributed by atoms with Gasteiger partial charge >= 0.3 is 17.9 Å². The van der Waals surface area contributed by atoms with Crippen molar-refractivity contribution in [2.24, 2.45) is 5.92 Å². The number of carbonyl (C=O) groups is 3. The molecule has 218 valence electrons. The number of ether oxygens (including phenoxy) is 3. The highest BCUT2D eigenvalue weighted by atomic mass is 16.6. The fourth-order valence-corrected chi connectivity index (χ4v) is 4.21. The first-order valence-corrected chi connectivity index (χ1v) is 14.5. The van der Waals surface area contributed by atoms with Gasteiger partial charge in [0, 0.05) is 18.9 Å². The zero-order chi connectivity index (χ0) is 29.1. The van der Waals surface area contributed by atoms with Crippen molar-refractivity contribution in [3.8, 4) is 0 Å². The second-order valence-electron chi connectivity index (χ2n) is 11.1. The van der Waals surface area contributed by atoms with E-state index in [1.54, 1.807) is 0 Å². The first-order chi connectivity index (χ1) is 19.2. The van der Waals surface area contributed by atoms with Crippen LogP contribution in [0, 0.1) is 5.92 Å². The Hall–Kier alpha value is -3.41. The van der Waals surface area contributed by atoms with Gasteiger partial charge in [0.05, 0.1) is 0 Å². The smallest absolute Gasteiger partial charge is 0.330 e. The molecule has 0 aromatic heterocycles. The lowest BCUT2D eigenvalue weighted by molar-refractivity contribution is -0.149. The second kappa shape index (κ2) is 18.8. The lowest BCUT2D eigenvalue weighted by Gasteiger charge is -2.18. The van der Waals surface area contributed by atoms with Gasteiger partial charge in [-0.1, -0.05) is 92.4 Å². The first kappa shape index (κ1) is 32.8. The topological polar surface area (TPSA) is 78.9 Å². The summed E-state index contributed by atoms with van der Waals surface area (Å²) in [5.74, 6) is -0.442. The highest BCUT2D eigenvalue weighted by Gasteiger charge is 2.15. The lowest BCUT2D eigenvalue weighted by Crippen LogP contribution is -2.22. The molecule has 0 radical (unpaired) electrons. The summed E-state index contributed by atoms with van der Waals surface area (Å²) in [5, 5.41) is 0. The molecule has 0 bridgehead atoms. The number of carbonyl (C=O) groups excluding carboxylic acids is 3. The highest BCUT2D eigenvalue weighted by Crippen LogP contribution is 2.21. The number of allylic oxidation sites excluding steroid dienone is 1. The van der Waals surface area contributed by atoms with Crippen LogP contribution < -0.4 is 0 Å². The third kappa shape index (κ3) is 16.5. The van der Waals surface area contributed by atoms with Gasteiger partial charge in [0.15, 0.2) is 0 Å². The fourth-order valence-electron chi connectivity index (χ4n) is 4.21. The van der Waals surface area contributed by atoms with E-state index in [1.165, 1.54) is 6.08 Å². The zero-order valence-corrected chi connectivity index (χ0v) is 24.4. The van der Waals surface area contributed by atoms with Gasteiger partial charge in [-0.15, -0.1) is 0 Å². The van der Waals surface area contributed by atoms with Crippen molar-refractivity contribution in [1.29, 1.82) is 0 Å². The fraction of sp³-hybridized carbons (Fsp3) is 0.500. The summed E-state index contributed by atoms with van der Waals surface area (Å²) in [4.78, 5) is 36.3. The Labute approximate surface area is 240 Å². The molecule has 0 N–H and O–H groups in total. The van der Waals surface area contributed by atoms with Gasteiger partial charge < -0.3 is 14.2 Å². The molecule has 6 nitrogen and oxygen atoms in total. The van der Waals surface area contributed by atoms with Crippen LogP contribution in [0.5, 0.6) is 0 Å². The first-order valence-electron chi connectivity index (χ1n) is 14.5. The summed E-state index contributed by atoms with van der Waals surface area (Å²) < 4.78 is 16.1. The molecule has 40 heavy (non-hydrogen) atoms. The predicted octanol–water partition coefficient (Wildman–Crippen LogP) is 7.89. The molecule has 0 fully saturated rings. The summed E-state index contributed by atoms with van der Waals surface area (Å²) in [6, 6.07) is 19.3.